The quantitative estimate of drug-likeness (QED) is 0.742. The summed E-state index contributed by atoms with van der Waals surface area (Å²) in [5, 5.41) is 9.02. The van der Waals surface area contributed by atoms with Crippen LogP contribution >= 0.6 is 0 Å². The minimum Gasteiger partial charge on any atom is -0.389 e. The first-order valence-corrected chi connectivity index (χ1v) is 4.57. The molecule has 14 heavy (non-hydrogen) atoms. The third-order valence-electron chi connectivity index (χ3n) is 1.88. The third kappa shape index (κ3) is 3.15. The van der Waals surface area contributed by atoms with Gasteiger partial charge in [-0.1, -0.05) is 36.4 Å². The summed E-state index contributed by atoms with van der Waals surface area (Å²) >= 11 is 0. The van der Waals surface area contributed by atoms with Crippen LogP contribution in [0, 0.1) is 0 Å². The van der Waals surface area contributed by atoms with Gasteiger partial charge in [0, 0.05) is 5.56 Å². The minimum atomic E-state index is -0.442. The highest BCUT2D eigenvalue weighted by molar-refractivity contribution is 5.94. The molecule has 1 N–H and O–H groups in total. The molecule has 0 aliphatic carbocycles. The van der Waals surface area contributed by atoms with Gasteiger partial charge in [-0.2, -0.15) is 0 Å². The van der Waals surface area contributed by atoms with Gasteiger partial charge >= 0.3 is 0 Å². The zero-order chi connectivity index (χ0) is 10.6. The summed E-state index contributed by atoms with van der Waals surface area (Å²) in [5.41, 5.74) is 1.69. The van der Waals surface area contributed by atoms with Crippen molar-refractivity contribution in [3.05, 3.63) is 41.5 Å². The predicted octanol–water partition coefficient (Wildman–Crippen LogP) is 2.28. The summed E-state index contributed by atoms with van der Waals surface area (Å²) in [5.74, 6) is 0.0658. The predicted molar refractivity (Wildman–Crippen MR) is 57.2 cm³/mol. The Morgan fingerprint density at radius 3 is 2.36 bits per heavy atom. The van der Waals surface area contributed by atoms with Crippen molar-refractivity contribution < 1.29 is 9.90 Å². The van der Waals surface area contributed by atoms with E-state index >= 15 is 0 Å². The number of hydrogen-bond donors (Lipinski definition) is 1. The highest BCUT2D eigenvalue weighted by Gasteiger charge is 1.96. The van der Waals surface area contributed by atoms with Crippen molar-refractivity contribution in [3.63, 3.8) is 0 Å². The number of ketones is 1. The molecule has 1 rings (SSSR count). The van der Waals surface area contributed by atoms with E-state index in [1.807, 2.05) is 18.2 Å². The normalized spacial score (nSPS) is 13.1. The van der Waals surface area contributed by atoms with E-state index in [2.05, 4.69) is 0 Å². The molecule has 0 aliphatic rings. The molecule has 0 radical (unpaired) electrons. The van der Waals surface area contributed by atoms with E-state index < -0.39 is 6.10 Å². The monoisotopic (exact) mass is 190 g/mol. The molecule has 1 unspecified atom stereocenters. The van der Waals surface area contributed by atoms with Crippen LogP contribution in [0.15, 0.2) is 30.3 Å². The van der Waals surface area contributed by atoms with Crippen molar-refractivity contribution in [3.8, 4) is 0 Å². The van der Waals surface area contributed by atoms with Crippen LogP contribution in [0.3, 0.4) is 0 Å². The van der Waals surface area contributed by atoms with Crippen LogP contribution in [0.25, 0.3) is 6.08 Å². The Balaban J connectivity index is 2.78. The molecular weight excluding hydrogens is 176 g/mol. The highest BCUT2D eigenvalue weighted by Crippen LogP contribution is 2.07. The number of rotatable bonds is 3. The van der Waals surface area contributed by atoms with Crippen molar-refractivity contribution in [2.45, 2.75) is 20.0 Å². The second-order valence-electron chi connectivity index (χ2n) is 3.28. The fourth-order valence-corrected chi connectivity index (χ4v) is 1.08. The van der Waals surface area contributed by atoms with Gasteiger partial charge in [-0.3, -0.25) is 4.79 Å². The fourth-order valence-electron chi connectivity index (χ4n) is 1.08. The largest absolute Gasteiger partial charge is 0.389 e. The molecule has 0 spiro atoms. The Hall–Kier alpha value is -1.41. The lowest BCUT2D eigenvalue weighted by Crippen LogP contribution is -1.92. The second-order valence-corrected chi connectivity index (χ2v) is 3.28. The molecule has 1 aromatic carbocycles. The summed E-state index contributed by atoms with van der Waals surface area (Å²) in [4.78, 5) is 11.0. The van der Waals surface area contributed by atoms with Gasteiger partial charge in [0.05, 0.1) is 6.10 Å². The Labute approximate surface area is 83.9 Å². The topological polar surface area (TPSA) is 37.3 Å². The van der Waals surface area contributed by atoms with E-state index in [0.29, 0.717) is 5.56 Å². The highest BCUT2D eigenvalue weighted by atomic mass is 16.3. The number of carbonyl (C=O) groups excluding carboxylic acids is 1. The average Bonchev–Trinajstić information content (AvgIpc) is 2.15. The van der Waals surface area contributed by atoms with E-state index in [9.17, 15) is 4.79 Å². The van der Waals surface area contributed by atoms with Crippen LogP contribution in [0.2, 0.25) is 0 Å². The first-order chi connectivity index (χ1) is 6.59. The van der Waals surface area contributed by atoms with Gasteiger partial charge in [-0.25, -0.2) is 0 Å². The smallest absolute Gasteiger partial charge is 0.159 e. The van der Waals surface area contributed by atoms with Crippen LogP contribution in [-0.4, -0.2) is 17.0 Å². The molecular formula is C12H14O2. The summed E-state index contributed by atoms with van der Waals surface area (Å²) in [7, 11) is 0. The van der Waals surface area contributed by atoms with Crippen molar-refractivity contribution in [1.82, 2.24) is 0 Å². The zero-order valence-electron chi connectivity index (χ0n) is 8.40. The zero-order valence-corrected chi connectivity index (χ0v) is 8.40. The van der Waals surface area contributed by atoms with Gasteiger partial charge in [0.1, 0.15) is 0 Å². The lowest BCUT2D eigenvalue weighted by Gasteiger charge is -1.97. The Bertz CT molecular complexity index is 334. The van der Waals surface area contributed by atoms with Crippen LogP contribution in [0.1, 0.15) is 29.8 Å². The Morgan fingerprint density at radius 1 is 1.36 bits per heavy atom. The van der Waals surface area contributed by atoms with E-state index in [1.165, 1.54) is 0 Å². The van der Waals surface area contributed by atoms with Gasteiger partial charge < -0.3 is 5.11 Å². The maximum absolute atomic E-state index is 11.0. The number of Topliss-reactive ketones (excluding diaryl/α,β-unsaturated/α-hetero) is 1. The first kappa shape index (κ1) is 10.7. The molecule has 0 saturated carbocycles. The summed E-state index contributed by atoms with van der Waals surface area (Å²) < 4.78 is 0. The molecule has 0 heterocycles. The second kappa shape index (κ2) is 4.72. The molecule has 2 heteroatoms. The molecule has 2 nitrogen and oxygen atoms in total. The SMILES string of the molecule is CC(=O)c1ccc(/C=C/C(C)O)cc1. The standard InChI is InChI=1S/C12H14O2/c1-9(13)3-4-11-5-7-12(8-6-11)10(2)14/h3-9,13H,1-2H3/b4-3+. The van der Waals surface area contributed by atoms with Gasteiger partial charge in [0.2, 0.25) is 0 Å². The van der Waals surface area contributed by atoms with Crippen LogP contribution < -0.4 is 0 Å². The van der Waals surface area contributed by atoms with Gasteiger partial charge in [0.25, 0.3) is 0 Å². The molecule has 0 bridgehead atoms. The molecule has 0 amide bonds. The van der Waals surface area contributed by atoms with Gasteiger partial charge in [0.15, 0.2) is 5.78 Å². The summed E-state index contributed by atoms with van der Waals surface area (Å²) in [6.45, 7) is 3.24. The molecule has 1 atom stereocenters. The van der Waals surface area contributed by atoms with E-state index in [1.54, 1.807) is 32.1 Å². The molecule has 74 valence electrons. The van der Waals surface area contributed by atoms with Crippen molar-refractivity contribution in [1.29, 1.82) is 0 Å². The lowest BCUT2D eigenvalue weighted by atomic mass is 10.1. The average molecular weight is 190 g/mol. The van der Waals surface area contributed by atoms with E-state index in [0.717, 1.165) is 5.56 Å². The fraction of sp³-hybridized carbons (Fsp3) is 0.250. The maximum Gasteiger partial charge on any atom is 0.159 e. The molecule has 0 aliphatic heterocycles. The Morgan fingerprint density at radius 2 is 1.93 bits per heavy atom. The van der Waals surface area contributed by atoms with Crippen molar-refractivity contribution in [2.24, 2.45) is 0 Å². The number of benzene rings is 1. The van der Waals surface area contributed by atoms with E-state index in [4.69, 9.17) is 5.11 Å². The minimum absolute atomic E-state index is 0.0658. The maximum atomic E-state index is 11.0. The number of carbonyl (C=O) groups is 1. The van der Waals surface area contributed by atoms with Crippen LogP contribution in [0.4, 0.5) is 0 Å². The summed E-state index contributed by atoms with van der Waals surface area (Å²) in [6.07, 6.45) is 3.08. The Kier molecular flexibility index (Phi) is 3.60. The number of aliphatic hydroxyl groups is 1. The number of hydrogen-bond acceptors (Lipinski definition) is 2. The van der Waals surface area contributed by atoms with Crippen molar-refractivity contribution >= 4 is 11.9 Å². The molecule has 0 saturated heterocycles. The number of aliphatic hydroxyl groups excluding tert-OH is 1. The van der Waals surface area contributed by atoms with Crippen LogP contribution in [0.5, 0.6) is 0 Å². The van der Waals surface area contributed by atoms with Gasteiger partial charge in [-0.15, -0.1) is 0 Å². The van der Waals surface area contributed by atoms with Crippen LogP contribution in [-0.2, 0) is 0 Å². The molecule has 0 fully saturated rings. The molecule has 0 aromatic heterocycles. The summed E-state index contributed by atoms with van der Waals surface area (Å²) in [6, 6.07) is 7.28. The molecule has 1 aromatic rings. The van der Waals surface area contributed by atoms with E-state index in [-0.39, 0.29) is 5.78 Å². The van der Waals surface area contributed by atoms with Gasteiger partial charge in [-0.05, 0) is 19.4 Å². The first-order valence-electron chi connectivity index (χ1n) is 4.57. The third-order valence-corrected chi connectivity index (χ3v) is 1.88. The van der Waals surface area contributed by atoms with Crippen molar-refractivity contribution in [2.75, 3.05) is 0 Å². The lowest BCUT2D eigenvalue weighted by molar-refractivity contribution is 0.101.